The Hall–Kier alpha value is -2.58. The molecule has 0 aliphatic rings. The molecule has 8 heteroatoms. The highest BCUT2D eigenvalue weighted by atomic mass is 16.7. The normalized spacial score (nSPS) is 13.8. The number of aromatic nitrogens is 4. The third-order valence-electron chi connectivity index (χ3n) is 5.08. The first-order valence-corrected chi connectivity index (χ1v) is 9.61. The van der Waals surface area contributed by atoms with Crippen LogP contribution >= 0.6 is 0 Å². The molecule has 0 saturated heterocycles. The van der Waals surface area contributed by atoms with Crippen molar-refractivity contribution in [1.82, 2.24) is 24.6 Å². The van der Waals surface area contributed by atoms with E-state index in [1.165, 1.54) is 19.1 Å². The van der Waals surface area contributed by atoms with Crippen molar-refractivity contribution in [3.63, 3.8) is 0 Å². The molecule has 8 nitrogen and oxygen atoms in total. The second-order valence-electron chi connectivity index (χ2n) is 7.16. The molecule has 0 spiro atoms. The molecule has 2 N–H and O–H groups in total. The number of hydrogen-bond donors (Lipinski definition) is 1. The lowest BCUT2D eigenvalue weighted by molar-refractivity contribution is -0.185. The van der Waals surface area contributed by atoms with Crippen LogP contribution in [0.2, 0.25) is 0 Å². The summed E-state index contributed by atoms with van der Waals surface area (Å²) in [5.41, 5.74) is 10.3. The average molecular weight is 384 g/mol. The highest BCUT2D eigenvalue weighted by Gasteiger charge is 2.19. The molecular formula is C20H28N6O2. The summed E-state index contributed by atoms with van der Waals surface area (Å²) in [6, 6.07) is 3.86. The quantitative estimate of drug-likeness (QED) is 0.599. The molecule has 2 unspecified atom stereocenters. The third kappa shape index (κ3) is 3.83. The smallest absolute Gasteiger partial charge is 0.243 e. The van der Waals surface area contributed by atoms with E-state index >= 15 is 0 Å². The lowest BCUT2D eigenvalue weighted by Gasteiger charge is -2.25. The molecule has 3 rings (SSSR count). The molecule has 3 heterocycles. The maximum absolute atomic E-state index is 11.6. The molecule has 0 aliphatic heterocycles. The zero-order valence-electron chi connectivity index (χ0n) is 16.9. The van der Waals surface area contributed by atoms with Crippen molar-refractivity contribution in [1.29, 1.82) is 0 Å². The number of aryl methyl sites for hydroxylation is 1. The van der Waals surface area contributed by atoms with Gasteiger partial charge in [0.15, 0.2) is 0 Å². The van der Waals surface area contributed by atoms with Crippen molar-refractivity contribution in [2.45, 2.75) is 52.1 Å². The molecular weight excluding hydrogens is 356 g/mol. The number of carbonyl (C=O) groups is 1. The van der Waals surface area contributed by atoms with E-state index in [4.69, 9.17) is 15.6 Å². The van der Waals surface area contributed by atoms with E-state index in [1.807, 2.05) is 25.4 Å². The zero-order chi connectivity index (χ0) is 20.3. The van der Waals surface area contributed by atoms with Gasteiger partial charge in [0, 0.05) is 32.1 Å². The van der Waals surface area contributed by atoms with E-state index in [9.17, 15) is 4.79 Å². The second kappa shape index (κ2) is 8.62. The van der Waals surface area contributed by atoms with Crippen LogP contribution in [0.3, 0.4) is 0 Å². The van der Waals surface area contributed by atoms with Crippen molar-refractivity contribution < 1.29 is 9.63 Å². The summed E-state index contributed by atoms with van der Waals surface area (Å²) < 4.78 is 2.12. The van der Waals surface area contributed by atoms with Gasteiger partial charge in [-0.1, -0.05) is 6.92 Å². The van der Waals surface area contributed by atoms with Gasteiger partial charge in [-0.15, -0.1) is 0 Å². The summed E-state index contributed by atoms with van der Waals surface area (Å²) in [4.78, 5) is 30.7. The van der Waals surface area contributed by atoms with Gasteiger partial charge < -0.3 is 10.3 Å². The highest BCUT2D eigenvalue weighted by molar-refractivity contribution is 6.00. The van der Waals surface area contributed by atoms with Gasteiger partial charge >= 0.3 is 0 Å². The lowest BCUT2D eigenvalue weighted by atomic mass is 10.1. The summed E-state index contributed by atoms with van der Waals surface area (Å²) >= 11 is 0. The number of pyridine rings is 2. The van der Waals surface area contributed by atoms with Crippen molar-refractivity contribution in [2.75, 3.05) is 13.7 Å². The van der Waals surface area contributed by atoms with Crippen molar-refractivity contribution in [3.05, 3.63) is 30.4 Å². The molecule has 0 radical (unpaired) electrons. The first kappa shape index (κ1) is 20.2. The molecule has 2 atom stereocenters. The van der Waals surface area contributed by atoms with Crippen molar-refractivity contribution in [2.24, 2.45) is 5.73 Å². The van der Waals surface area contributed by atoms with Gasteiger partial charge in [-0.05, 0) is 31.9 Å². The molecule has 3 aromatic heterocycles. The maximum Gasteiger partial charge on any atom is 0.243 e. The van der Waals surface area contributed by atoms with Gasteiger partial charge in [0.1, 0.15) is 11.0 Å². The van der Waals surface area contributed by atoms with Crippen LogP contribution in [0, 0.1) is 0 Å². The van der Waals surface area contributed by atoms with Crippen LogP contribution < -0.4 is 5.73 Å². The number of carbonyl (C=O) groups excluding carboxylic acids is 1. The van der Waals surface area contributed by atoms with Gasteiger partial charge in [-0.25, -0.2) is 15.0 Å². The van der Waals surface area contributed by atoms with Gasteiger partial charge in [-0.2, -0.15) is 0 Å². The fourth-order valence-electron chi connectivity index (χ4n) is 3.59. The van der Waals surface area contributed by atoms with Gasteiger partial charge in [0.25, 0.3) is 0 Å². The van der Waals surface area contributed by atoms with Crippen LogP contribution in [0.1, 0.15) is 45.2 Å². The Morgan fingerprint density at radius 1 is 1.32 bits per heavy atom. The highest BCUT2D eigenvalue weighted by Crippen LogP contribution is 2.28. The molecule has 1 amide bonds. The van der Waals surface area contributed by atoms with Gasteiger partial charge in [-0.3, -0.25) is 14.6 Å². The Balaban J connectivity index is 1.90. The van der Waals surface area contributed by atoms with Crippen molar-refractivity contribution in [3.8, 4) is 0 Å². The third-order valence-corrected chi connectivity index (χ3v) is 5.08. The molecule has 0 saturated carbocycles. The lowest BCUT2D eigenvalue weighted by Crippen LogP contribution is -2.36. The van der Waals surface area contributed by atoms with E-state index in [0.29, 0.717) is 6.54 Å². The minimum Gasteiger partial charge on any atom is -0.330 e. The largest absolute Gasteiger partial charge is 0.330 e. The monoisotopic (exact) mass is 384 g/mol. The molecule has 0 aliphatic carbocycles. The fourth-order valence-corrected chi connectivity index (χ4v) is 3.59. The van der Waals surface area contributed by atoms with Crippen LogP contribution in [0.25, 0.3) is 22.1 Å². The Morgan fingerprint density at radius 3 is 2.79 bits per heavy atom. The SMILES string of the molecule is CON(C(C)=O)C(C)CCCn1cnc2c(C(C)CN)nc3cccnc3c21. The predicted molar refractivity (Wildman–Crippen MR) is 109 cm³/mol. The van der Waals surface area contributed by atoms with Crippen LogP contribution in [-0.2, 0) is 16.2 Å². The molecule has 3 aromatic rings. The fraction of sp³-hybridized carbons (Fsp3) is 0.500. The van der Waals surface area contributed by atoms with Crippen LogP contribution in [0.15, 0.2) is 24.7 Å². The number of nitrogens with two attached hydrogens (primary N) is 1. The van der Waals surface area contributed by atoms with Crippen LogP contribution in [-0.4, -0.2) is 50.2 Å². The van der Waals surface area contributed by atoms with Gasteiger partial charge in [0.2, 0.25) is 5.91 Å². The second-order valence-corrected chi connectivity index (χ2v) is 7.16. The van der Waals surface area contributed by atoms with E-state index in [-0.39, 0.29) is 17.9 Å². The number of fused-ring (bicyclic) bond motifs is 3. The van der Waals surface area contributed by atoms with Gasteiger partial charge in [0.05, 0.1) is 36.2 Å². The molecule has 0 fully saturated rings. The number of hydroxylamine groups is 2. The number of imidazole rings is 1. The summed E-state index contributed by atoms with van der Waals surface area (Å²) in [7, 11) is 1.52. The summed E-state index contributed by atoms with van der Waals surface area (Å²) in [6.07, 6.45) is 5.31. The number of hydrogen-bond acceptors (Lipinski definition) is 6. The Labute approximate surface area is 164 Å². The van der Waals surface area contributed by atoms with E-state index in [0.717, 1.165) is 47.1 Å². The average Bonchev–Trinajstić information content (AvgIpc) is 3.11. The minimum atomic E-state index is -0.0928. The Kier molecular flexibility index (Phi) is 6.21. The molecule has 0 aromatic carbocycles. The maximum atomic E-state index is 11.6. The first-order chi connectivity index (χ1) is 13.5. The number of amides is 1. The molecule has 0 bridgehead atoms. The summed E-state index contributed by atoms with van der Waals surface area (Å²) in [5, 5.41) is 1.41. The minimum absolute atomic E-state index is 0.00152. The Morgan fingerprint density at radius 2 is 2.11 bits per heavy atom. The summed E-state index contributed by atoms with van der Waals surface area (Å²) in [5.74, 6) is 0.0195. The predicted octanol–water partition coefficient (Wildman–Crippen LogP) is 2.62. The number of rotatable bonds is 8. The first-order valence-electron chi connectivity index (χ1n) is 9.61. The van der Waals surface area contributed by atoms with E-state index < -0.39 is 0 Å². The van der Waals surface area contributed by atoms with Crippen LogP contribution in [0.5, 0.6) is 0 Å². The topological polar surface area (TPSA) is 99.2 Å². The molecule has 28 heavy (non-hydrogen) atoms. The van der Waals surface area contributed by atoms with E-state index in [1.54, 1.807) is 6.20 Å². The summed E-state index contributed by atoms with van der Waals surface area (Å²) in [6.45, 7) is 6.83. The number of nitrogens with zero attached hydrogens (tertiary/aromatic N) is 5. The standard InChI is InChI=1S/C20H28N6O2/c1-13(11-21)17-19-20(18-16(24-17)8-5-9-22-18)25(12-23-19)10-6-7-14(2)26(28-4)15(3)27/h5,8-9,12-14H,6-7,10-11,21H2,1-4H3. The van der Waals surface area contributed by atoms with Crippen LogP contribution in [0.4, 0.5) is 0 Å². The van der Waals surface area contributed by atoms with Crippen molar-refractivity contribution >= 4 is 28.0 Å². The Bertz CT molecular complexity index is 970. The van der Waals surface area contributed by atoms with E-state index in [2.05, 4.69) is 21.5 Å². The molecule has 150 valence electrons. The zero-order valence-corrected chi connectivity index (χ0v) is 16.9.